The molecule has 1 aromatic heterocycles. The SMILES string of the molecule is CC(C)(C)OC(=O)N1CC(F)(F)C[C@H]1C(=O)NCc1cc(-c2ccc(C(F)(F)F)cc2)ccn1. The second-order valence-corrected chi connectivity index (χ2v) is 9.01. The molecule has 0 saturated carbocycles. The highest BCUT2D eigenvalue weighted by atomic mass is 19.4. The average molecular weight is 485 g/mol. The molecule has 1 saturated heterocycles. The Hall–Kier alpha value is -3.24. The molecule has 11 heteroatoms. The monoisotopic (exact) mass is 485 g/mol. The molecular weight excluding hydrogens is 461 g/mol. The number of likely N-dealkylation sites (tertiary alicyclic amines) is 1. The van der Waals surface area contributed by atoms with Crippen molar-refractivity contribution in [2.24, 2.45) is 0 Å². The highest BCUT2D eigenvalue weighted by molar-refractivity contribution is 5.86. The average Bonchev–Trinajstić information content (AvgIpc) is 3.06. The number of carbonyl (C=O) groups excluding carboxylic acids is 2. The van der Waals surface area contributed by atoms with Gasteiger partial charge in [-0.1, -0.05) is 12.1 Å². The van der Waals surface area contributed by atoms with Crippen molar-refractivity contribution < 1.29 is 36.3 Å². The smallest absolute Gasteiger partial charge is 0.416 e. The molecule has 1 aliphatic heterocycles. The van der Waals surface area contributed by atoms with Crippen molar-refractivity contribution in [2.75, 3.05) is 6.54 Å². The first-order valence-corrected chi connectivity index (χ1v) is 10.4. The Balaban J connectivity index is 1.69. The van der Waals surface area contributed by atoms with E-state index in [0.717, 1.165) is 12.1 Å². The predicted octanol–water partition coefficient (Wildman–Crippen LogP) is 5.03. The molecule has 1 fully saturated rings. The van der Waals surface area contributed by atoms with Crippen LogP contribution in [0.3, 0.4) is 0 Å². The van der Waals surface area contributed by atoms with Crippen LogP contribution in [0.4, 0.5) is 26.7 Å². The van der Waals surface area contributed by atoms with Gasteiger partial charge in [-0.3, -0.25) is 14.7 Å². The first-order chi connectivity index (χ1) is 15.6. The molecule has 2 heterocycles. The van der Waals surface area contributed by atoms with Crippen LogP contribution >= 0.6 is 0 Å². The topological polar surface area (TPSA) is 71.5 Å². The van der Waals surface area contributed by atoms with E-state index in [1.807, 2.05) is 0 Å². The molecule has 1 aliphatic rings. The maximum absolute atomic E-state index is 14.0. The summed E-state index contributed by atoms with van der Waals surface area (Å²) in [5, 5.41) is 2.50. The molecule has 1 atom stereocenters. The minimum Gasteiger partial charge on any atom is -0.444 e. The van der Waals surface area contributed by atoms with Gasteiger partial charge in [-0.2, -0.15) is 13.2 Å². The van der Waals surface area contributed by atoms with Gasteiger partial charge in [-0.15, -0.1) is 0 Å². The van der Waals surface area contributed by atoms with Crippen LogP contribution in [0.15, 0.2) is 42.6 Å². The van der Waals surface area contributed by atoms with Gasteiger partial charge < -0.3 is 10.1 Å². The molecule has 0 radical (unpaired) electrons. The fraction of sp³-hybridized carbons (Fsp3) is 0.435. The summed E-state index contributed by atoms with van der Waals surface area (Å²) in [4.78, 5) is 29.8. The number of amides is 2. The number of pyridine rings is 1. The number of hydrogen-bond donors (Lipinski definition) is 1. The Bertz CT molecular complexity index is 1050. The van der Waals surface area contributed by atoms with Gasteiger partial charge >= 0.3 is 12.3 Å². The number of hydrogen-bond acceptors (Lipinski definition) is 4. The molecule has 184 valence electrons. The number of alkyl halides is 5. The third-order valence-corrected chi connectivity index (χ3v) is 5.01. The molecule has 2 amide bonds. The summed E-state index contributed by atoms with van der Waals surface area (Å²) in [6.07, 6.45) is -4.87. The van der Waals surface area contributed by atoms with E-state index in [1.54, 1.807) is 32.9 Å². The number of benzene rings is 1. The van der Waals surface area contributed by atoms with Gasteiger partial charge in [0.15, 0.2) is 0 Å². The van der Waals surface area contributed by atoms with Crippen LogP contribution in [0.25, 0.3) is 11.1 Å². The number of nitrogens with one attached hydrogen (secondary N) is 1. The van der Waals surface area contributed by atoms with Crippen LogP contribution in [0.2, 0.25) is 0 Å². The number of nitrogens with zero attached hydrogens (tertiary/aromatic N) is 2. The van der Waals surface area contributed by atoms with Crippen LogP contribution in [0.1, 0.15) is 38.4 Å². The first kappa shape index (κ1) is 25.4. The maximum Gasteiger partial charge on any atom is 0.416 e. The Morgan fingerprint density at radius 3 is 2.35 bits per heavy atom. The van der Waals surface area contributed by atoms with Gasteiger partial charge in [0, 0.05) is 12.6 Å². The lowest BCUT2D eigenvalue weighted by molar-refractivity contribution is -0.137. The first-order valence-electron chi connectivity index (χ1n) is 10.4. The van der Waals surface area contributed by atoms with Crippen molar-refractivity contribution in [1.29, 1.82) is 0 Å². The zero-order valence-electron chi connectivity index (χ0n) is 18.7. The van der Waals surface area contributed by atoms with Crippen LogP contribution in [-0.4, -0.2) is 46.0 Å². The van der Waals surface area contributed by atoms with Gasteiger partial charge in [0.05, 0.1) is 24.3 Å². The van der Waals surface area contributed by atoms with Crippen molar-refractivity contribution in [1.82, 2.24) is 15.2 Å². The van der Waals surface area contributed by atoms with Crippen molar-refractivity contribution in [3.8, 4) is 11.1 Å². The molecule has 1 aromatic carbocycles. The Morgan fingerprint density at radius 2 is 1.76 bits per heavy atom. The number of rotatable bonds is 4. The molecule has 2 aromatic rings. The van der Waals surface area contributed by atoms with Crippen LogP contribution in [-0.2, 0) is 22.3 Å². The Labute approximate surface area is 193 Å². The third kappa shape index (κ3) is 6.42. The van der Waals surface area contributed by atoms with Crippen molar-refractivity contribution >= 4 is 12.0 Å². The van der Waals surface area contributed by atoms with E-state index >= 15 is 0 Å². The predicted molar refractivity (Wildman–Crippen MR) is 113 cm³/mol. The van der Waals surface area contributed by atoms with Gasteiger partial charge in [0.2, 0.25) is 5.91 Å². The largest absolute Gasteiger partial charge is 0.444 e. The molecule has 6 nitrogen and oxygen atoms in total. The highest BCUT2D eigenvalue weighted by Gasteiger charge is 2.51. The fourth-order valence-corrected chi connectivity index (χ4v) is 3.47. The quantitative estimate of drug-likeness (QED) is 0.617. The summed E-state index contributed by atoms with van der Waals surface area (Å²) in [7, 11) is 0. The third-order valence-electron chi connectivity index (χ3n) is 5.01. The standard InChI is InChI=1S/C23H24F5N3O3/c1-21(2,3)34-20(33)31-13-22(24,25)11-18(31)19(32)30-12-17-10-15(8-9-29-17)14-4-6-16(7-5-14)23(26,27)28/h4-10,18H,11-13H2,1-3H3,(H,30,32)/t18-/m0/s1. The van der Waals surface area contributed by atoms with E-state index in [1.165, 1.54) is 18.3 Å². The van der Waals surface area contributed by atoms with Gasteiger partial charge in [-0.05, 0) is 56.2 Å². The zero-order valence-corrected chi connectivity index (χ0v) is 18.7. The lowest BCUT2D eigenvalue weighted by Crippen LogP contribution is -2.47. The Morgan fingerprint density at radius 1 is 1.12 bits per heavy atom. The molecule has 0 spiro atoms. The van der Waals surface area contributed by atoms with Gasteiger partial charge in [0.1, 0.15) is 11.6 Å². The van der Waals surface area contributed by atoms with Crippen molar-refractivity contribution in [2.45, 2.75) is 57.5 Å². The van der Waals surface area contributed by atoms with E-state index in [9.17, 15) is 31.5 Å². The fourth-order valence-electron chi connectivity index (χ4n) is 3.47. The van der Waals surface area contributed by atoms with E-state index in [2.05, 4.69) is 10.3 Å². The van der Waals surface area contributed by atoms with Crippen LogP contribution < -0.4 is 5.32 Å². The number of carbonyl (C=O) groups is 2. The highest BCUT2D eigenvalue weighted by Crippen LogP contribution is 2.33. The van der Waals surface area contributed by atoms with E-state index in [0.29, 0.717) is 21.7 Å². The summed E-state index contributed by atoms with van der Waals surface area (Å²) in [6.45, 7) is 3.70. The van der Waals surface area contributed by atoms with E-state index in [-0.39, 0.29) is 6.54 Å². The summed E-state index contributed by atoms with van der Waals surface area (Å²) < 4.78 is 71.4. The van der Waals surface area contributed by atoms with Crippen molar-refractivity contribution in [3.63, 3.8) is 0 Å². The van der Waals surface area contributed by atoms with Crippen molar-refractivity contribution in [3.05, 3.63) is 53.9 Å². The van der Waals surface area contributed by atoms with E-state index in [4.69, 9.17) is 4.74 Å². The van der Waals surface area contributed by atoms with Gasteiger partial charge in [0.25, 0.3) is 5.92 Å². The van der Waals surface area contributed by atoms with E-state index < -0.39 is 54.3 Å². The molecule has 0 unspecified atom stereocenters. The second kappa shape index (κ2) is 9.19. The maximum atomic E-state index is 14.0. The minimum atomic E-state index is -4.45. The molecule has 0 aliphatic carbocycles. The number of halogens is 5. The molecule has 34 heavy (non-hydrogen) atoms. The summed E-state index contributed by atoms with van der Waals surface area (Å²) >= 11 is 0. The number of ether oxygens (including phenoxy) is 1. The zero-order chi connectivity index (χ0) is 25.3. The molecular formula is C23H24F5N3O3. The van der Waals surface area contributed by atoms with Gasteiger partial charge in [-0.25, -0.2) is 13.6 Å². The normalized spacial score (nSPS) is 18.0. The lowest BCUT2D eigenvalue weighted by Gasteiger charge is -2.27. The lowest BCUT2D eigenvalue weighted by atomic mass is 10.0. The van der Waals surface area contributed by atoms with Crippen LogP contribution in [0, 0.1) is 0 Å². The van der Waals surface area contributed by atoms with Crippen LogP contribution in [0.5, 0.6) is 0 Å². The molecule has 1 N–H and O–H groups in total. The summed E-state index contributed by atoms with van der Waals surface area (Å²) in [5.41, 5.74) is -0.260. The molecule has 0 bridgehead atoms. The molecule has 3 rings (SSSR count). The Kier molecular flexibility index (Phi) is 6.86. The summed E-state index contributed by atoms with van der Waals surface area (Å²) in [5.74, 6) is -4.02. The number of aromatic nitrogens is 1. The minimum absolute atomic E-state index is 0.127. The summed E-state index contributed by atoms with van der Waals surface area (Å²) in [6, 6.07) is 6.31. The second-order valence-electron chi connectivity index (χ2n) is 9.01.